The molecule has 0 unspecified atom stereocenters. The largest absolute Gasteiger partial charge is 0.481 e. The quantitative estimate of drug-likeness (QED) is 0.680. The zero-order valence-electron chi connectivity index (χ0n) is 17.6. The third-order valence-electron chi connectivity index (χ3n) is 10.2. The average molecular weight is 377 g/mol. The van der Waals surface area contributed by atoms with Gasteiger partial charge in [0.2, 0.25) is 0 Å². The van der Waals surface area contributed by atoms with E-state index in [1.54, 1.807) is 0 Å². The van der Waals surface area contributed by atoms with Gasteiger partial charge in [-0.2, -0.15) is 0 Å². The molecule has 0 heterocycles. The minimum absolute atomic E-state index is 0.0561. The Morgan fingerprint density at radius 3 is 2.44 bits per heavy atom. The standard InChI is InChI=1S/C24H40O3/c1-15(4-9-22(26)27)19-7-8-20-18-6-5-16-14-17(25)10-12-23(16,2)21(18)11-13-24(19,20)3/h15-21,25H,4-14H2,1-3H3,(H,26,27)/t15-,16-,17-,18-,19-,20+,21+,23+,24-/m1/s1. The number of carbonyl (C=O) groups is 1. The molecule has 0 saturated heterocycles. The molecule has 3 heteroatoms. The van der Waals surface area contributed by atoms with E-state index in [1.807, 2.05) is 0 Å². The summed E-state index contributed by atoms with van der Waals surface area (Å²) in [5.74, 6) is 3.91. The van der Waals surface area contributed by atoms with Crippen molar-refractivity contribution >= 4 is 5.97 Å². The van der Waals surface area contributed by atoms with Gasteiger partial charge in [-0.05, 0) is 111 Å². The first-order valence-electron chi connectivity index (χ1n) is 11.7. The smallest absolute Gasteiger partial charge is 0.303 e. The molecule has 0 aromatic heterocycles. The summed E-state index contributed by atoms with van der Waals surface area (Å²) in [7, 11) is 0. The molecular formula is C24H40O3. The first-order chi connectivity index (χ1) is 12.8. The Kier molecular flexibility index (Phi) is 5.15. The zero-order valence-corrected chi connectivity index (χ0v) is 17.6. The fourth-order valence-corrected chi connectivity index (χ4v) is 8.76. The van der Waals surface area contributed by atoms with Crippen LogP contribution in [0.1, 0.15) is 91.4 Å². The third-order valence-corrected chi connectivity index (χ3v) is 10.2. The Bertz CT molecular complexity index is 574. The predicted molar refractivity (Wildman–Crippen MR) is 107 cm³/mol. The maximum absolute atomic E-state index is 11.0. The highest BCUT2D eigenvalue weighted by Gasteiger charge is 2.60. The van der Waals surface area contributed by atoms with Crippen LogP contribution in [-0.2, 0) is 4.79 Å². The zero-order chi connectivity index (χ0) is 19.4. The summed E-state index contributed by atoms with van der Waals surface area (Å²) in [6.07, 6.45) is 12.4. The molecule has 9 atom stereocenters. The topological polar surface area (TPSA) is 57.5 Å². The Morgan fingerprint density at radius 2 is 1.70 bits per heavy atom. The molecule has 0 spiro atoms. The monoisotopic (exact) mass is 376 g/mol. The lowest BCUT2D eigenvalue weighted by Gasteiger charge is -2.61. The predicted octanol–water partition coefficient (Wildman–Crippen LogP) is 5.51. The third kappa shape index (κ3) is 3.16. The van der Waals surface area contributed by atoms with Crippen LogP contribution in [0.3, 0.4) is 0 Å². The molecule has 27 heavy (non-hydrogen) atoms. The SMILES string of the molecule is C[C@H](CCC(=O)O)[C@H]1CC[C@H]2[C@H]3CC[C@@H]4C[C@H](O)CC[C@]4(C)[C@H]3CC[C@]12C. The second-order valence-electron chi connectivity index (χ2n) is 11.2. The second kappa shape index (κ2) is 7.04. The van der Waals surface area contributed by atoms with Crippen LogP contribution in [0.25, 0.3) is 0 Å². The van der Waals surface area contributed by atoms with E-state index < -0.39 is 5.97 Å². The van der Waals surface area contributed by atoms with E-state index in [0.29, 0.717) is 29.1 Å². The lowest BCUT2D eigenvalue weighted by atomic mass is 9.44. The molecular weight excluding hydrogens is 336 g/mol. The molecule has 2 N–H and O–H groups in total. The van der Waals surface area contributed by atoms with Crippen molar-refractivity contribution in [3.63, 3.8) is 0 Å². The van der Waals surface area contributed by atoms with Crippen LogP contribution in [0.4, 0.5) is 0 Å². The maximum atomic E-state index is 11.0. The van der Waals surface area contributed by atoms with Crippen molar-refractivity contribution < 1.29 is 15.0 Å². The molecule has 0 aromatic carbocycles. The number of aliphatic carboxylic acids is 1. The number of aliphatic hydroxyl groups excluding tert-OH is 1. The van der Waals surface area contributed by atoms with E-state index in [9.17, 15) is 9.90 Å². The minimum Gasteiger partial charge on any atom is -0.481 e. The van der Waals surface area contributed by atoms with E-state index in [-0.39, 0.29) is 6.10 Å². The Hall–Kier alpha value is -0.570. The van der Waals surface area contributed by atoms with Crippen molar-refractivity contribution in [2.75, 3.05) is 0 Å². The number of hydrogen-bond donors (Lipinski definition) is 2. The number of aliphatic hydroxyl groups is 1. The van der Waals surface area contributed by atoms with E-state index in [1.165, 1.54) is 44.9 Å². The summed E-state index contributed by atoms with van der Waals surface area (Å²) in [4.78, 5) is 11.0. The molecule has 0 amide bonds. The fraction of sp³-hybridized carbons (Fsp3) is 0.958. The number of hydrogen-bond acceptors (Lipinski definition) is 2. The fourth-order valence-electron chi connectivity index (χ4n) is 8.76. The van der Waals surface area contributed by atoms with Gasteiger partial charge in [0.05, 0.1) is 6.10 Å². The molecule has 4 fully saturated rings. The van der Waals surface area contributed by atoms with Gasteiger partial charge in [0.15, 0.2) is 0 Å². The van der Waals surface area contributed by atoms with Crippen LogP contribution in [0.15, 0.2) is 0 Å². The molecule has 3 nitrogen and oxygen atoms in total. The van der Waals surface area contributed by atoms with Crippen LogP contribution in [0.2, 0.25) is 0 Å². The van der Waals surface area contributed by atoms with Gasteiger partial charge in [-0.1, -0.05) is 20.8 Å². The molecule has 4 saturated carbocycles. The number of carboxylic acids is 1. The van der Waals surface area contributed by atoms with Gasteiger partial charge in [-0.3, -0.25) is 4.79 Å². The van der Waals surface area contributed by atoms with E-state index in [2.05, 4.69) is 20.8 Å². The molecule has 0 radical (unpaired) electrons. The summed E-state index contributed by atoms with van der Waals surface area (Å²) >= 11 is 0. The first kappa shape index (κ1) is 19.7. The number of carboxylic acid groups (broad SMARTS) is 1. The average Bonchev–Trinajstić information content (AvgIpc) is 2.97. The molecule has 0 bridgehead atoms. The van der Waals surface area contributed by atoms with Crippen LogP contribution in [0.5, 0.6) is 0 Å². The summed E-state index contributed by atoms with van der Waals surface area (Å²) in [6.45, 7) is 7.43. The highest BCUT2D eigenvalue weighted by molar-refractivity contribution is 5.66. The van der Waals surface area contributed by atoms with Crippen molar-refractivity contribution in [1.29, 1.82) is 0 Å². The first-order valence-corrected chi connectivity index (χ1v) is 11.7. The molecule has 4 rings (SSSR count). The van der Waals surface area contributed by atoms with Crippen molar-refractivity contribution in [1.82, 2.24) is 0 Å². The van der Waals surface area contributed by atoms with Crippen LogP contribution >= 0.6 is 0 Å². The Balaban J connectivity index is 1.51. The normalized spacial score (nSPS) is 50.4. The maximum Gasteiger partial charge on any atom is 0.303 e. The van der Waals surface area contributed by atoms with Gasteiger partial charge in [0.1, 0.15) is 0 Å². The summed E-state index contributed by atoms with van der Waals surface area (Å²) in [5.41, 5.74) is 0.882. The van der Waals surface area contributed by atoms with Gasteiger partial charge >= 0.3 is 5.97 Å². The summed E-state index contributed by atoms with van der Waals surface area (Å²) < 4.78 is 0. The van der Waals surface area contributed by atoms with Crippen molar-refractivity contribution in [3.8, 4) is 0 Å². The van der Waals surface area contributed by atoms with E-state index >= 15 is 0 Å². The van der Waals surface area contributed by atoms with E-state index in [4.69, 9.17) is 5.11 Å². The Morgan fingerprint density at radius 1 is 1.00 bits per heavy atom. The summed E-state index contributed by atoms with van der Waals surface area (Å²) in [5, 5.41) is 19.3. The Labute approximate surface area is 165 Å². The molecule has 4 aliphatic carbocycles. The lowest BCUT2D eigenvalue weighted by Crippen LogP contribution is -2.54. The van der Waals surface area contributed by atoms with Gasteiger partial charge in [0.25, 0.3) is 0 Å². The minimum atomic E-state index is -0.643. The highest BCUT2D eigenvalue weighted by atomic mass is 16.4. The van der Waals surface area contributed by atoms with Crippen molar-refractivity contribution in [2.45, 2.75) is 97.5 Å². The molecule has 154 valence electrons. The van der Waals surface area contributed by atoms with Crippen LogP contribution in [-0.4, -0.2) is 22.3 Å². The van der Waals surface area contributed by atoms with Crippen molar-refractivity contribution in [2.24, 2.45) is 46.3 Å². The van der Waals surface area contributed by atoms with Gasteiger partial charge < -0.3 is 10.2 Å². The highest BCUT2D eigenvalue weighted by Crippen LogP contribution is 2.68. The van der Waals surface area contributed by atoms with Gasteiger partial charge in [-0.15, -0.1) is 0 Å². The molecule has 0 aromatic rings. The number of rotatable bonds is 4. The molecule has 0 aliphatic heterocycles. The summed E-state index contributed by atoms with van der Waals surface area (Å²) in [6, 6.07) is 0. The van der Waals surface area contributed by atoms with Crippen LogP contribution in [0, 0.1) is 46.3 Å². The van der Waals surface area contributed by atoms with Gasteiger partial charge in [0, 0.05) is 6.42 Å². The number of fused-ring (bicyclic) bond motifs is 5. The van der Waals surface area contributed by atoms with Crippen LogP contribution < -0.4 is 0 Å². The molecule has 4 aliphatic rings. The second-order valence-corrected chi connectivity index (χ2v) is 11.2. The van der Waals surface area contributed by atoms with Gasteiger partial charge in [-0.25, -0.2) is 0 Å². The van der Waals surface area contributed by atoms with E-state index in [0.717, 1.165) is 42.9 Å². The van der Waals surface area contributed by atoms with Crippen molar-refractivity contribution in [3.05, 3.63) is 0 Å². The lowest BCUT2D eigenvalue weighted by molar-refractivity contribution is -0.138.